The van der Waals surface area contributed by atoms with Crippen molar-refractivity contribution >= 4 is 5.91 Å². The molecule has 0 aromatic heterocycles. The van der Waals surface area contributed by atoms with Crippen LogP contribution < -0.4 is 10.5 Å². The van der Waals surface area contributed by atoms with Crippen molar-refractivity contribution in [2.45, 2.75) is 45.1 Å². The molecule has 0 saturated carbocycles. The molecule has 1 aromatic carbocycles. The Hall–Kier alpha value is -1.55. The van der Waals surface area contributed by atoms with Crippen molar-refractivity contribution in [3.05, 3.63) is 29.8 Å². The minimum absolute atomic E-state index is 0.0896. The molecule has 1 heterocycles. The molecule has 4 nitrogen and oxygen atoms in total. The fourth-order valence-electron chi connectivity index (χ4n) is 2.55. The predicted octanol–water partition coefficient (Wildman–Crippen LogP) is 2.36. The van der Waals surface area contributed by atoms with E-state index in [1.54, 1.807) is 0 Å². The molecule has 21 heavy (non-hydrogen) atoms. The molecule has 1 unspecified atom stereocenters. The number of ether oxygens (including phenoxy) is 1. The van der Waals surface area contributed by atoms with Gasteiger partial charge < -0.3 is 15.4 Å². The van der Waals surface area contributed by atoms with E-state index in [-0.39, 0.29) is 18.6 Å². The molecule has 1 aliphatic heterocycles. The second-order valence-corrected chi connectivity index (χ2v) is 5.75. The van der Waals surface area contributed by atoms with E-state index in [1.165, 1.54) is 12.0 Å². The van der Waals surface area contributed by atoms with E-state index in [0.29, 0.717) is 0 Å². The predicted molar refractivity (Wildman–Crippen MR) is 84.3 cm³/mol. The molecule has 116 valence electrons. The summed E-state index contributed by atoms with van der Waals surface area (Å²) in [6.45, 7) is 3.97. The van der Waals surface area contributed by atoms with Crippen LogP contribution in [0, 0.1) is 0 Å². The molecular formula is C17H26N2O2. The van der Waals surface area contributed by atoms with Crippen LogP contribution >= 0.6 is 0 Å². The first-order valence-corrected chi connectivity index (χ1v) is 7.94. The summed E-state index contributed by atoms with van der Waals surface area (Å²) in [6.07, 6.45) is 5.30. The number of piperidine rings is 1. The van der Waals surface area contributed by atoms with Gasteiger partial charge in [0.2, 0.25) is 0 Å². The van der Waals surface area contributed by atoms with Gasteiger partial charge in [-0.25, -0.2) is 0 Å². The van der Waals surface area contributed by atoms with Crippen molar-refractivity contribution in [1.29, 1.82) is 0 Å². The molecule has 4 heteroatoms. The SMILES string of the molecule is CCC(N)Cc1ccc(OCC(=O)N2CCCCC2)cc1. The van der Waals surface area contributed by atoms with Crippen molar-refractivity contribution < 1.29 is 9.53 Å². The highest BCUT2D eigenvalue weighted by Crippen LogP contribution is 2.15. The van der Waals surface area contributed by atoms with Crippen LogP contribution in [0.15, 0.2) is 24.3 Å². The Morgan fingerprint density at radius 3 is 2.52 bits per heavy atom. The molecule has 2 N–H and O–H groups in total. The number of nitrogens with zero attached hydrogens (tertiary/aromatic N) is 1. The van der Waals surface area contributed by atoms with Gasteiger partial charge in [0.05, 0.1) is 0 Å². The molecule has 1 aliphatic rings. The van der Waals surface area contributed by atoms with Gasteiger partial charge in [0.15, 0.2) is 6.61 Å². The zero-order valence-corrected chi connectivity index (χ0v) is 12.9. The molecule has 1 atom stereocenters. The average Bonchev–Trinajstić information content (AvgIpc) is 2.54. The van der Waals surface area contributed by atoms with E-state index >= 15 is 0 Å². The maximum absolute atomic E-state index is 12.0. The first-order valence-electron chi connectivity index (χ1n) is 7.94. The molecule has 1 saturated heterocycles. The Bertz CT molecular complexity index is 439. The highest BCUT2D eigenvalue weighted by molar-refractivity contribution is 5.77. The maximum atomic E-state index is 12.0. The van der Waals surface area contributed by atoms with Crippen LogP contribution in [0.5, 0.6) is 5.75 Å². The summed E-state index contributed by atoms with van der Waals surface area (Å²) in [5.74, 6) is 0.834. The van der Waals surface area contributed by atoms with E-state index in [0.717, 1.165) is 44.5 Å². The average molecular weight is 290 g/mol. The Labute approximate surface area is 127 Å². The Balaban J connectivity index is 1.79. The van der Waals surface area contributed by atoms with Gasteiger partial charge in [0, 0.05) is 19.1 Å². The Morgan fingerprint density at radius 2 is 1.90 bits per heavy atom. The van der Waals surface area contributed by atoms with Crippen LogP contribution in [0.3, 0.4) is 0 Å². The molecule has 2 rings (SSSR count). The van der Waals surface area contributed by atoms with Gasteiger partial charge in [-0.1, -0.05) is 19.1 Å². The smallest absolute Gasteiger partial charge is 0.260 e. The van der Waals surface area contributed by atoms with E-state index in [2.05, 4.69) is 6.92 Å². The largest absolute Gasteiger partial charge is 0.484 e. The summed E-state index contributed by atoms with van der Waals surface area (Å²) in [5, 5.41) is 0. The van der Waals surface area contributed by atoms with Gasteiger partial charge in [0.1, 0.15) is 5.75 Å². The zero-order chi connectivity index (χ0) is 15.1. The van der Waals surface area contributed by atoms with Crippen molar-refractivity contribution in [2.24, 2.45) is 5.73 Å². The zero-order valence-electron chi connectivity index (χ0n) is 12.9. The quantitative estimate of drug-likeness (QED) is 0.875. The van der Waals surface area contributed by atoms with Gasteiger partial charge in [-0.3, -0.25) is 4.79 Å². The number of benzene rings is 1. The van der Waals surface area contributed by atoms with Crippen LogP contribution in [0.2, 0.25) is 0 Å². The number of hydrogen-bond donors (Lipinski definition) is 1. The first-order chi connectivity index (χ1) is 10.2. The highest BCUT2D eigenvalue weighted by atomic mass is 16.5. The van der Waals surface area contributed by atoms with Gasteiger partial charge in [-0.15, -0.1) is 0 Å². The minimum atomic E-state index is 0.0896. The molecule has 0 aliphatic carbocycles. The van der Waals surface area contributed by atoms with Gasteiger partial charge in [-0.2, -0.15) is 0 Å². The molecule has 0 bridgehead atoms. The monoisotopic (exact) mass is 290 g/mol. The lowest BCUT2D eigenvalue weighted by molar-refractivity contribution is -0.134. The number of likely N-dealkylation sites (tertiary alicyclic amines) is 1. The second kappa shape index (κ2) is 8.03. The second-order valence-electron chi connectivity index (χ2n) is 5.75. The number of amides is 1. The van der Waals surface area contributed by atoms with E-state index < -0.39 is 0 Å². The number of carbonyl (C=O) groups excluding carboxylic acids is 1. The van der Waals surface area contributed by atoms with Gasteiger partial charge in [-0.05, 0) is 49.8 Å². The van der Waals surface area contributed by atoms with Crippen molar-refractivity contribution in [1.82, 2.24) is 4.90 Å². The van der Waals surface area contributed by atoms with Crippen LogP contribution in [-0.2, 0) is 11.2 Å². The number of carbonyl (C=O) groups is 1. The summed E-state index contributed by atoms with van der Waals surface area (Å²) in [5.41, 5.74) is 7.15. The van der Waals surface area contributed by atoms with Crippen molar-refractivity contribution in [3.8, 4) is 5.75 Å². The summed E-state index contributed by atoms with van der Waals surface area (Å²) >= 11 is 0. The minimum Gasteiger partial charge on any atom is -0.484 e. The standard InChI is InChI=1S/C17H26N2O2/c1-2-15(18)12-14-6-8-16(9-7-14)21-13-17(20)19-10-4-3-5-11-19/h6-9,15H,2-5,10-13,18H2,1H3. The fourth-order valence-corrected chi connectivity index (χ4v) is 2.55. The number of hydrogen-bond acceptors (Lipinski definition) is 3. The van der Waals surface area contributed by atoms with Gasteiger partial charge in [0.25, 0.3) is 5.91 Å². The number of rotatable bonds is 6. The summed E-state index contributed by atoms with van der Waals surface area (Å²) < 4.78 is 5.58. The summed E-state index contributed by atoms with van der Waals surface area (Å²) in [7, 11) is 0. The normalized spacial score (nSPS) is 16.6. The maximum Gasteiger partial charge on any atom is 0.260 e. The topological polar surface area (TPSA) is 55.6 Å². The fraction of sp³-hybridized carbons (Fsp3) is 0.588. The van der Waals surface area contributed by atoms with Crippen LogP contribution in [0.4, 0.5) is 0 Å². The lowest BCUT2D eigenvalue weighted by atomic mass is 10.0. The van der Waals surface area contributed by atoms with E-state index in [4.69, 9.17) is 10.5 Å². The molecule has 1 fully saturated rings. The van der Waals surface area contributed by atoms with E-state index in [1.807, 2.05) is 29.2 Å². The molecule has 0 radical (unpaired) electrons. The summed E-state index contributed by atoms with van der Waals surface area (Å²) in [4.78, 5) is 13.9. The molecule has 0 spiro atoms. The van der Waals surface area contributed by atoms with Gasteiger partial charge >= 0.3 is 0 Å². The third kappa shape index (κ3) is 5.05. The lowest BCUT2D eigenvalue weighted by Gasteiger charge is -2.26. The molecular weight excluding hydrogens is 264 g/mol. The van der Waals surface area contributed by atoms with Crippen LogP contribution in [-0.4, -0.2) is 36.5 Å². The molecule has 1 aromatic rings. The highest BCUT2D eigenvalue weighted by Gasteiger charge is 2.16. The summed E-state index contributed by atoms with van der Waals surface area (Å²) in [6, 6.07) is 8.09. The van der Waals surface area contributed by atoms with Crippen molar-refractivity contribution in [3.63, 3.8) is 0 Å². The Kier molecular flexibility index (Phi) is 6.05. The third-order valence-corrected chi connectivity index (χ3v) is 4.02. The lowest BCUT2D eigenvalue weighted by Crippen LogP contribution is -2.38. The van der Waals surface area contributed by atoms with Crippen LogP contribution in [0.25, 0.3) is 0 Å². The Morgan fingerprint density at radius 1 is 1.24 bits per heavy atom. The van der Waals surface area contributed by atoms with Crippen molar-refractivity contribution in [2.75, 3.05) is 19.7 Å². The van der Waals surface area contributed by atoms with E-state index in [9.17, 15) is 4.79 Å². The molecule has 1 amide bonds. The first kappa shape index (κ1) is 15.8. The van der Waals surface area contributed by atoms with Crippen LogP contribution in [0.1, 0.15) is 38.2 Å². The number of nitrogens with two attached hydrogens (primary N) is 1. The third-order valence-electron chi connectivity index (χ3n) is 4.02.